The maximum absolute atomic E-state index is 12.7. The number of carbonyl (C=O) groups excluding carboxylic acids is 2. The summed E-state index contributed by atoms with van der Waals surface area (Å²) < 4.78 is 78.6. The number of urea groups is 2. The number of hydrogen-bond donors (Lipinski definition) is 6. The lowest BCUT2D eigenvalue weighted by Gasteiger charge is -2.29. The minimum atomic E-state index is -2.94. The molecule has 0 bridgehead atoms. The maximum Gasteiger partial charge on any atom is 0.331 e. The fourth-order valence-corrected chi connectivity index (χ4v) is 14.0. The van der Waals surface area contributed by atoms with Crippen LogP contribution >= 0.6 is 23.2 Å². The highest BCUT2D eigenvalue weighted by Gasteiger charge is 2.40. The summed E-state index contributed by atoms with van der Waals surface area (Å²) in [5.41, 5.74) is 7.37. The zero-order valence-corrected chi connectivity index (χ0v) is 53.5. The van der Waals surface area contributed by atoms with Crippen LogP contribution < -0.4 is 39.9 Å². The van der Waals surface area contributed by atoms with Crippen LogP contribution in [0.15, 0.2) is 60.7 Å². The molecule has 27 heteroatoms. The summed E-state index contributed by atoms with van der Waals surface area (Å²) >= 11 is 12.8. The van der Waals surface area contributed by atoms with Crippen molar-refractivity contribution in [3.8, 4) is 23.6 Å². The Morgan fingerprint density at radius 3 is 1.53 bits per heavy atom. The van der Waals surface area contributed by atoms with E-state index < -0.39 is 27.8 Å². The molecule has 4 amide bonds. The zero-order chi connectivity index (χ0) is 62.5. The van der Waals surface area contributed by atoms with Crippen LogP contribution in [0.25, 0.3) is 0 Å². The van der Waals surface area contributed by atoms with Crippen molar-refractivity contribution in [2.24, 2.45) is 5.84 Å². The number of fused-ring (bicyclic) bond motifs is 2. The molecule has 23 nitrogen and oxygen atoms in total. The summed E-state index contributed by atoms with van der Waals surface area (Å²) in [4.78, 5) is 33.4. The maximum atomic E-state index is 12.7. The normalized spacial score (nSPS) is 19.9. The second-order valence-electron chi connectivity index (χ2n) is 22.9. The van der Waals surface area contributed by atoms with Gasteiger partial charge in [-0.25, -0.2) is 32.3 Å². The van der Waals surface area contributed by atoms with Crippen molar-refractivity contribution in [1.82, 2.24) is 40.6 Å². The second-order valence-corrected chi connectivity index (χ2v) is 25.6. The van der Waals surface area contributed by atoms with Crippen LogP contribution in [0.2, 0.25) is 10.0 Å². The number of ether oxygens (including phenoxy) is 4. The van der Waals surface area contributed by atoms with Crippen molar-refractivity contribution < 1.29 is 45.4 Å². The minimum Gasteiger partial charge on any atom is -0.484 e. The summed E-state index contributed by atoms with van der Waals surface area (Å²) in [5, 5.41) is 29.9. The Labute approximate surface area is 524 Å². The van der Waals surface area contributed by atoms with Gasteiger partial charge in [0.25, 0.3) is 0 Å². The molecule has 0 aromatic heterocycles. The number of hydrogen-bond acceptors (Lipinski definition) is 17. The van der Waals surface area contributed by atoms with E-state index in [1.165, 1.54) is 8.61 Å². The summed E-state index contributed by atoms with van der Waals surface area (Å²) in [6.07, 6.45) is 3.06. The van der Waals surface area contributed by atoms with Crippen LogP contribution in [-0.2, 0) is 44.1 Å². The molecule has 4 aliphatic rings. The van der Waals surface area contributed by atoms with E-state index in [-0.39, 0.29) is 55.6 Å². The quantitative estimate of drug-likeness (QED) is 0.0136. The molecule has 87 heavy (non-hydrogen) atoms. The third-order valence-electron chi connectivity index (χ3n) is 16.6. The van der Waals surface area contributed by atoms with Crippen LogP contribution in [0.1, 0.15) is 82.4 Å². The predicted octanol–water partition coefficient (Wildman–Crippen LogP) is 5.08. The fourth-order valence-electron chi connectivity index (χ4n) is 12.0. The number of amides is 4. The number of nitrogens with one attached hydrogen (secondary N) is 3. The van der Waals surface area contributed by atoms with Gasteiger partial charge >= 0.3 is 12.1 Å². The predicted molar refractivity (Wildman–Crippen MR) is 336 cm³/mol. The molecule has 2 aliphatic carbocycles. The van der Waals surface area contributed by atoms with E-state index in [0.29, 0.717) is 161 Å². The molecule has 2 saturated heterocycles. The average Bonchev–Trinajstić information content (AvgIpc) is 2.96. The Bertz CT molecular complexity index is 3310. The van der Waals surface area contributed by atoms with Crippen molar-refractivity contribution >= 4 is 68.4 Å². The lowest BCUT2D eigenvalue weighted by Crippen LogP contribution is -2.46. The smallest absolute Gasteiger partial charge is 0.331 e. The summed E-state index contributed by atoms with van der Waals surface area (Å²) in [7, 11) is 2.02. The van der Waals surface area contributed by atoms with Crippen molar-refractivity contribution in [2.45, 2.75) is 88.7 Å². The number of aryl methyl sites for hydroxylation is 2. The Kier molecular flexibility index (Phi) is 24.0. The highest BCUT2D eigenvalue weighted by atomic mass is 35.5. The minimum absolute atomic E-state index is 0.0272. The third-order valence-corrected chi connectivity index (χ3v) is 18.9. The first-order valence-electron chi connectivity index (χ1n) is 29.4. The number of unbranched alkanes of at least 4 members (excludes halogenated alkanes) is 1. The van der Waals surface area contributed by atoms with Crippen molar-refractivity contribution in [1.29, 1.82) is 10.5 Å². The molecule has 8 rings (SSSR count). The van der Waals surface area contributed by atoms with Crippen molar-refractivity contribution in [2.75, 3.05) is 129 Å². The molecule has 4 aromatic rings. The molecule has 0 spiro atoms. The molecule has 0 unspecified atom stereocenters. The summed E-state index contributed by atoms with van der Waals surface area (Å²) in [5.74, 6) is 7.23. The number of thiol groups is 2. The van der Waals surface area contributed by atoms with Gasteiger partial charge in [0.2, 0.25) is 21.8 Å². The molecular formula is C60H81Cl2N13O10S2. The number of hydrazine groups is 1. The SMILES string of the molecule is Cc1cc(N([C@H]2CCN(CCOCCNC(=O)NCCCCNC(=O)N(N)CCOCCN3CC[C@H](N(c4ccc(O[C@H]5c6cc(Cl)cc(C#N)c6C[C@@H]5N(C)C)c(C)c4)[SH](=O)=O)C3)C2)[SH](=O)=O)ccc1O[C@H]1c2cc(Cl)cc(C#N)c2C[C@@H]1N(C)C. The van der Waals surface area contributed by atoms with E-state index in [1.54, 1.807) is 30.3 Å². The lowest BCUT2D eigenvalue weighted by molar-refractivity contribution is 0.0932. The van der Waals surface area contributed by atoms with E-state index >= 15 is 0 Å². The van der Waals surface area contributed by atoms with Crippen LogP contribution in [0.4, 0.5) is 21.0 Å². The van der Waals surface area contributed by atoms with Gasteiger partial charge in [0.15, 0.2) is 0 Å². The average molecular weight is 1280 g/mol. The number of anilines is 2. The second kappa shape index (κ2) is 31.3. The summed E-state index contributed by atoms with van der Waals surface area (Å²) in [6, 6.07) is 21.1. The number of nitrogens with zero attached hydrogens (tertiary/aromatic N) is 9. The Hall–Kier alpha value is -6.20. The van der Waals surface area contributed by atoms with Gasteiger partial charge in [0, 0.05) is 68.9 Å². The highest BCUT2D eigenvalue weighted by Crippen LogP contribution is 2.44. The largest absolute Gasteiger partial charge is 0.484 e. The van der Waals surface area contributed by atoms with Gasteiger partial charge in [0.1, 0.15) is 23.7 Å². The number of nitrogens with two attached hydrogens (primary N) is 1. The van der Waals surface area contributed by atoms with Gasteiger partial charge in [-0.05, 0) is 175 Å². The molecule has 0 saturated carbocycles. The third kappa shape index (κ3) is 17.2. The van der Waals surface area contributed by atoms with E-state index in [4.69, 9.17) is 48.0 Å². The monoisotopic (exact) mass is 1280 g/mol. The van der Waals surface area contributed by atoms with Gasteiger partial charge in [0.05, 0.1) is 91.8 Å². The molecule has 2 fully saturated rings. The molecule has 0 radical (unpaired) electrons. The van der Waals surface area contributed by atoms with Crippen molar-refractivity contribution in [3.63, 3.8) is 0 Å². The van der Waals surface area contributed by atoms with Gasteiger partial charge in [-0.15, -0.1) is 0 Å². The van der Waals surface area contributed by atoms with Crippen LogP contribution in [0.3, 0.4) is 0 Å². The number of halogens is 2. The van der Waals surface area contributed by atoms with E-state index in [2.05, 4.69) is 47.7 Å². The topological polar surface area (TPSA) is 272 Å². The van der Waals surface area contributed by atoms with Crippen molar-refractivity contribution in [3.05, 3.63) is 115 Å². The standard InChI is InChI=1S/C60H81Cl2N13O10S2/c1-39-27-45(9-11-55(39)84-57-51-31-43(61)29-41(35-63)49(51)33-53(57)69(3)4)74(86(78)79)47-13-18-71(37-47)20-24-82-23-17-67-59(76)66-15-7-8-16-68-60(77)73(65)22-26-83-25-21-72-19-14-48(38-72)75(87(80)81)46-10-12-56(40(2)28-46)85-58-52-32-44(62)30-42(36-64)50(52)34-54(58)70(5)6/h9-12,27-32,47-48,53-54,57-58,86-87H,7-8,13-26,33-34,37-38,65H2,1-6H3,(H,68,77)(H2,66,67,76)/t47-,48-,53-,54-,57-,58-/m0/s1. The molecule has 2 heterocycles. The molecular weight excluding hydrogens is 1200 g/mol. The van der Waals surface area contributed by atoms with Gasteiger partial charge in [-0.3, -0.25) is 23.4 Å². The number of benzene rings is 4. The fraction of sp³-hybridized carbons (Fsp3) is 0.533. The van der Waals surface area contributed by atoms with E-state index in [1.807, 2.05) is 72.4 Å². The first-order valence-corrected chi connectivity index (χ1v) is 32.4. The Morgan fingerprint density at radius 2 is 1.09 bits per heavy atom. The Morgan fingerprint density at radius 1 is 0.644 bits per heavy atom. The van der Waals surface area contributed by atoms with Gasteiger partial charge in [-0.2, -0.15) is 10.5 Å². The van der Waals surface area contributed by atoms with Crippen LogP contribution in [0, 0.1) is 36.5 Å². The van der Waals surface area contributed by atoms with Gasteiger partial charge in [-0.1, -0.05) is 23.2 Å². The molecule has 6 atom stereocenters. The first kappa shape index (κ1) is 66.7. The van der Waals surface area contributed by atoms with E-state index in [9.17, 15) is 36.9 Å². The Balaban J connectivity index is 0.646. The number of rotatable bonds is 29. The summed E-state index contributed by atoms with van der Waals surface area (Å²) in [6.45, 7) is 9.96. The van der Waals surface area contributed by atoms with Crippen LogP contribution in [-0.4, -0.2) is 198 Å². The molecule has 4 aromatic carbocycles. The van der Waals surface area contributed by atoms with Gasteiger partial charge < -0.3 is 44.7 Å². The first-order chi connectivity index (χ1) is 41.7. The lowest BCUT2D eigenvalue weighted by atomic mass is 10.0. The highest BCUT2D eigenvalue weighted by molar-refractivity contribution is 7.74. The molecule has 2 aliphatic heterocycles. The molecule has 5 N–H and O–H groups in total. The van der Waals surface area contributed by atoms with Crippen LogP contribution in [0.5, 0.6) is 11.5 Å². The van der Waals surface area contributed by atoms with E-state index in [0.717, 1.165) is 38.4 Å². The number of nitriles is 2. The number of likely N-dealkylation sites (N-methyl/N-ethyl adjacent to an activating group) is 2. The molecule has 472 valence electrons. The zero-order valence-electron chi connectivity index (χ0n) is 50.2. The number of likely N-dealkylation sites (tertiary alicyclic amines) is 2. The number of carbonyl (C=O) groups is 2.